The predicted octanol–water partition coefficient (Wildman–Crippen LogP) is 2.48. The largest absolute Gasteiger partial charge is 0.353 e. The Bertz CT molecular complexity index is 731. The fourth-order valence-electron chi connectivity index (χ4n) is 2.55. The van der Waals surface area contributed by atoms with Crippen LogP contribution in [0.15, 0.2) is 30.6 Å². The first kappa shape index (κ1) is 16.8. The van der Waals surface area contributed by atoms with Gasteiger partial charge in [-0.3, -0.25) is 10.1 Å². The molecule has 1 saturated heterocycles. The highest BCUT2D eigenvalue weighted by Crippen LogP contribution is 2.33. The van der Waals surface area contributed by atoms with Crippen LogP contribution in [0.3, 0.4) is 0 Å². The lowest BCUT2D eigenvalue weighted by atomic mass is 10.3. The molecule has 1 aromatic heterocycles. The predicted molar refractivity (Wildman–Crippen MR) is 101 cm³/mol. The highest BCUT2D eigenvalue weighted by Gasteiger charge is 2.28. The molecule has 0 aliphatic carbocycles. The summed E-state index contributed by atoms with van der Waals surface area (Å²) < 4.78 is 1.09. The number of piperazine rings is 1. The summed E-state index contributed by atoms with van der Waals surface area (Å²) in [5, 5.41) is 14.7. The molecule has 3 rings (SSSR count). The molecule has 1 aliphatic heterocycles. The van der Waals surface area contributed by atoms with Gasteiger partial charge in [-0.25, -0.2) is 9.97 Å². The van der Waals surface area contributed by atoms with Crippen LogP contribution in [-0.2, 0) is 0 Å². The highest BCUT2D eigenvalue weighted by molar-refractivity contribution is 14.1. The third-order valence-electron chi connectivity index (χ3n) is 3.90. The summed E-state index contributed by atoms with van der Waals surface area (Å²) >= 11 is 2.21. The maximum atomic E-state index is 11.6. The SMILES string of the molecule is CN1CCN(c2ncnc(Nc3ccc(I)cc3)c2[N+](=O)[O-])CC1. The Morgan fingerprint density at radius 1 is 1.17 bits per heavy atom. The zero-order chi connectivity index (χ0) is 17.1. The number of benzene rings is 1. The van der Waals surface area contributed by atoms with Crippen LogP contribution in [0.4, 0.5) is 23.0 Å². The van der Waals surface area contributed by atoms with E-state index >= 15 is 0 Å². The van der Waals surface area contributed by atoms with Gasteiger partial charge in [-0.05, 0) is 53.9 Å². The van der Waals surface area contributed by atoms with Crippen molar-refractivity contribution < 1.29 is 4.92 Å². The summed E-state index contributed by atoms with van der Waals surface area (Å²) in [5.41, 5.74) is 0.669. The van der Waals surface area contributed by atoms with Crippen molar-refractivity contribution in [1.29, 1.82) is 0 Å². The van der Waals surface area contributed by atoms with E-state index in [1.165, 1.54) is 6.33 Å². The lowest BCUT2D eigenvalue weighted by Gasteiger charge is -2.32. The Morgan fingerprint density at radius 2 is 1.83 bits per heavy atom. The molecule has 0 amide bonds. The maximum absolute atomic E-state index is 11.6. The zero-order valence-electron chi connectivity index (χ0n) is 13.1. The topological polar surface area (TPSA) is 87.4 Å². The number of hydrogen-bond donors (Lipinski definition) is 1. The minimum atomic E-state index is -0.414. The number of rotatable bonds is 4. The monoisotopic (exact) mass is 440 g/mol. The molecular formula is C15H17IN6O2. The second kappa shape index (κ2) is 7.26. The second-order valence-electron chi connectivity index (χ2n) is 5.57. The van der Waals surface area contributed by atoms with Gasteiger partial charge in [0.15, 0.2) is 0 Å². The van der Waals surface area contributed by atoms with Crippen LogP contribution in [0.5, 0.6) is 0 Å². The number of nitrogens with one attached hydrogen (secondary N) is 1. The first-order valence-electron chi connectivity index (χ1n) is 7.50. The number of nitro groups is 1. The number of aromatic nitrogens is 2. The summed E-state index contributed by atoms with van der Waals surface area (Å²) in [4.78, 5) is 23.6. The van der Waals surface area contributed by atoms with E-state index in [2.05, 4.69) is 42.8 Å². The maximum Gasteiger partial charge on any atom is 0.353 e. The van der Waals surface area contributed by atoms with Crippen LogP contribution in [0, 0.1) is 13.7 Å². The lowest BCUT2D eigenvalue weighted by molar-refractivity contribution is -0.383. The van der Waals surface area contributed by atoms with Gasteiger partial charge in [0.1, 0.15) is 6.33 Å². The summed E-state index contributed by atoms with van der Waals surface area (Å²) in [6, 6.07) is 7.58. The van der Waals surface area contributed by atoms with Crippen LogP contribution in [0.1, 0.15) is 0 Å². The van der Waals surface area contributed by atoms with Gasteiger partial charge in [0.2, 0.25) is 11.6 Å². The van der Waals surface area contributed by atoms with E-state index in [9.17, 15) is 10.1 Å². The first-order valence-corrected chi connectivity index (χ1v) is 8.58. The van der Waals surface area contributed by atoms with Gasteiger partial charge < -0.3 is 15.1 Å². The van der Waals surface area contributed by atoms with E-state index in [1.807, 2.05) is 36.2 Å². The van der Waals surface area contributed by atoms with E-state index < -0.39 is 4.92 Å². The second-order valence-corrected chi connectivity index (χ2v) is 6.82. The zero-order valence-corrected chi connectivity index (χ0v) is 15.3. The molecule has 1 N–H and O–H groups in total. The standard InChI is InChI=1S/C15H17IN6O2/c1-20-6-8-21(9-7-20)15-13(22(23)24)14(17-10-18-15)19-12-4-2-11(16)3-5-12/h2-5,10H,6-9H2,1H3,(H,17,18,19). The third-order valence-corrected chi connectivity index (χ3v) is 4.61. The van der Waals surface area contributed by atoms with Gasteiger partial charge in [-0.15, -0.1) is 0 Å². The number of hydrogen-bond acceptors (Lipinski definition) is 7. The summed E-state index contributed by atoms with van der Waals surface area (Å²) in [7, 11) is 2.04. The van der Waals surface area contributed by atoms with E-state index in [0.717, 1.165) is 22.3 Å². The fourth-order valence-corrected chi connectivity index (χ4v) is 2.91. The average molecular weight is 440 g/mol. The molecule has 2 aromatic rings. The lowest BCUT2D eigenvalue weighted by Crippen LogP contribution is -2.45. The molecule has 2 heterocycles. The number of likely N-dealkylation sites (N-methyl/N-ethyl adjacent to an activating group) is 1. The van der Waals surface area contributed by atoms with Gasteiger partial charge in [0.05, 0.1) is 4.92 Å². The molecule has 0 atom stereocenters. The fraction of sp³-hybridized carbons (Fsp3) is 0.333. The molecule has 24 heavy (non-hydrogen) atoms. The molecular weight excluding hydrogens is 423 g/mol. The Morgan fingerprint density at radius 3 is 2.46 bits per heavy atom. The summed E-state index contributed by atoms with van der Waals surface area (Å²) in [6.07, 6.45) is 1.37. The van der Waals surface area contributed by atoms with Crippen molar-refractivity contribution in [3.05, 3.63) is 44.3 Å². The Balaban J connectivity index is 1.93. The van der Waals surface area contributed by atoms with E-state index in [4.69, 9.17) is 0 Å². The van der Waals surface area contributed by atoms with E-state index in [-0.39, 0.29) is 11.5 Å². The molecule has 9 heteroatoms. The van der Waals surface area contributed by atoms with Crippen molar-refractivity contribution in [3.63, 3.8) is 0 Å². The molecule has 0 unspecified atom stereocenters. The molecule has 0 saturated carbocycles. The van der Waals surface area contributed by atoms with Gasteiger partial charge >= 0.3 is 5.69 Å². The Hall–Kier alpha value is -2.01. The quantitative estimate of drug-likeness (QED) is 0.444. The third kappa shape index (κ3) is 3.73. The summed E-state index contributed by atoms with van der Waals surface area (Å²) in [6.45, 7) is 3.11. The molecule has 1 aliphatic rings. The van der Waals surface area contributed by atoms with Crippen LogP contribution < -0.4 is 10.2 Å². The Labute approximate surface area is 153 Å². The molecule has 126 valence electrons. The molecule has 0 radical (unpaired) electrons. The average Bonchev–Trinajstić information content (AvgIpc) is 2.57. The first-order chi connectivity index (χ1) is 11.5. The molecule has 0 bridgehead atoms. The van der Waals surface area contributed by atoms with Gasteiger partial charge in [-0.2, -0.15) is 0 Å². The van der Waals surface area contributed by atoms with Crippen LogP contribution in [0.2, 0.25) is 0 Å². The van der Waals surface area contributed by atoms with Crippen molar-refractivity contribution in [2.45, 2.75) is 0 Å². The highest BCUT2D eigenvalue weighted by atomic mass is 127. The minimum Gasteiger partial charge on any atom is -0.348 e. The molecule has 0 spiro atoms. The van der Waals surface area contributed by atoms with Crippen LogP contribution >= 0.6 is 22.6 Å². The van der Waals surface area contributed by atoms with Crippen molar-refractivity contribution in [2.75, 3.05) is 43.4 Å². The Kier molecular flexibility index (Phi) is 5.09. The van der Waals surface area contributed by atoms with Gasteiger partial charge in [0.25, 0.3) is 0 Å². The molecule has 1 aromatic carbocycles. The smallest absolute Gasteiger partial charge is 0.348 e. The van der Waals surface area contributed by atoms with Crippen molar-refractivity contribution in [1.82, 2.24) is 14.9 Å². The number of nitrogens with zero attached hydrogens (tertiary/aromatic N) is 5. The molecule has 8 nitrogen and oxygen atoms in total. The van der Waals surface area contributed by atoms with E-state index in [1.54, 1.807) is 0 Å². The van der Waals surface area contributed by atoms with Crippen LogP contribution in [-0.4, -0.2) is 53.0 Å². The van der Waals surface area contributed by atoms with Crippen molar-refractivity contribution in [3.8, 4) is 0 Å². The van der Waals surface area contributed by atoms with E-state index in [0.29, 0.717) is 18.9 Å². The van der Waals surface area contributed by atoms with Crippen molar-refractivity contribution >= 4 is 45.6 Å². The van der Waals surface area contributed by atoms with Crippen LogP contribution in [0.25, 0.3) is 0 Å². The summed E-state index contributed by atoms with van der Waals surface area (Å²) in [5.74, 6) is 0.584. The molecule has 1 fully saturated rings. The van der Waals surface area contributed by atoms with Crippen molar-refractivity contribution in [2.24, 2.45) is 0 Å². The van der Waals surface area contributed by atoms with Gasteiger partial charge in [-0.1, -0.05) is 0 Å². The minimum absolute atomic E-state index is 0.0828. The normalized spacial score (nSPS) is 15.3. The van der Waals surface area contributed by atoms with Gasteiger partial charge in [0, 0.05) is 35.4 Å². The number of halogens is 1. The number of anilines is 3.